The summed E-state index contributed by atoms with van der Waals surface area (Å²) in [6.07, 6.45) is 0. The number of hydrogen-bond donors (Lipinski definition) is 3. The number of amidine groups is 1. The van der Waals surface area contributed by atoms with Crippen LogP contribution in [-0.4, -0.2) is 15.5 Å². The number of aryl methyl sites for hydroxylation is 1. The number of nitrogens with two attached hydrogens (primary N) is 1. The molecule has 4 N–H and O–H groups in total. The molecule has 0 fully saturated rings. The summed E-state index contributed by atoms with van der Waals surface area (Å²) in [6, 6.07) is 19.6. The van der Waals surface area contributed by atoms with E-state index in [4.69, 9.17) is 11.1 Å². The summed E-state index contributed by atoms with van der Waals surface area (Å²) >= 11 is 0. The number of phenols is 1. The van der Waals surface area contributed by atoms with Crippen LogP contribution in [0.1, 0.15) is 16.8 Å². The molecule has 0 aliphatic carbocycles. The molecular formula is C21H19N3O. The van der Waals surface area contributed by atoms with Gasteiger partial charge in [-0.1, -0.05) is 36.4 Å². The van der Waals surface area contributed by atoms with Crippen molar-refractivity contribution >= 4 is 27.5 Å². The zero-order valence-electron chi connectivity index (χ0n) is 14.0. The zero-order valence-corrected chi connectivity index (χ0v) is 14.0. The lowest BCUT2D eigenvalue weighted by atomic mass is 10.0. The summed E-state index contributed by atoms with van der Waals surface area (Å²) in [5.41, 5.74) is 9.80. The standard InChI is InChI=1S/C21H19N3O/c1-13-9-15-5-6-16(21(22)23)11-20(15)24(13)12-17-4-2-3-14-10-18(25)7-8-19(14)17/h2-11,25H,12H2,1H3,(H3,22,23). The summed E-state index contributed by atoms with van der Waals surface area (Å²) in [5, 5.41) is 20.7. The average molecular weight is 329 g/mol. The molecule has 0 bridgehead atoms. The summed E-state index contributed by atoms with van der Waals surface area (Å²) in [4.78, 5) is 0. The quantitative estimate of drug-likeness (QED) is 0.390. The number of benzene rings is 3. The van der Waals surface area contributed by atoms with Gasteiger partial charge < -0.3 is 15.4 Å². The topological polar surface area (TPSA) is 75.0 Å². The van der Waals surface area contributed by atoms with E-state index in [0.717, 1.165) is 39.5 Å². The highest BCUT2D eigenvalue weighted by Gasteiger charge is 2.10. The molecule has 4 heteroatoms. The minimum atomic E-state index is 0.0768. The van der Waals surface area contributed by atoms with Gasteiger partial charge in [0.2, 0.25) is 0 Å². The van der Waals surface area contributed by atoms with Crippen molar-refractivity contribution in [2.24, 2.45) is 5.73 Å². The normalized spacial score (nSPS) is 11.2. The maximum Gasteiger partial charge on any atom is 0.122 e. The Morgan fingerprint density at radius 1 is 1.04 bits per heavy atom. The molecular weight excluding hydrogens is 310 g/mol. The van der Waals surface area contributed by atoms with Crippen LogP contribution in [0.15, 0.2) is 60.7 Å². The number of aromatic hydroxyl groups is 1. The Bertz CT molecular complexity index is 1120. The first kappa shape index (κ1) is 15.3. The van der Waals surface area contributed by atoms with Gasteiger partial charge in [0.15, 0.2) is 0 Å². The number of nitrogens with zero attached hydrogens (tertiary/aromatic N) is 1. The first-order valence-electron chi connectivity index (χ1n) is 8.18. The number of nitrogens with one attached hydrogen (secondary N) is 1. The third-order valence-electron chi connectivity index (χ3n) is 4.71. The lowest BCUT2D eigenvalue weighted by Gasteiger charge is -2.12. The van der Waals surface area contributed by atoms with Gasteiger partial charge >= 0.3 is 0 Å². The average Bonchev–Trinajstić information content (AvgIpc) is 2.89. The van der Waals surface area contributed by atoms with Crippen molar-refractivity contribution in [3.05, 3.63) is 77.5 Å². The van der Waals surface area contributed by atoms with Gasteiger partial charge in [-0.2, -0.15) is 0 Å². The minimum absolute atomic E-state index is 0.0768. The largest absolute Gasteiger partial charge is 0.508 e. The first-order chi connectivity index (χ1) is 12.0. The number of nitrogen functional groups attached to an aromatic ring is 1. The van der Waals surface area contributed by atoms with Crippen LogP contribution < -0.4 is 5.73 Å². The maximum atomic E-state index is 9.71. The molecule has 0 aliphatic heterocycles. The monoisotopic (exact) mass is 329 g/mol. The molecule has 4 nitrogen and oxygen atoms in total. The van der Waals surface area contributed by atoms with E-state index < -0.39 is 0 Å². The molecule has 124 valence electrons. The van der Waals surface area contributed by atoms with E-state index in [2.05, 4.69) is 23.6 Å². The number of rotatable bonds is 3. The van der Waals surface area contributed by atoms with E-state index >= 15 is 0 Å². The van der Waals surface area contributed by atoms with E-state index in [0.29, 0.717) is 0 Å². The van der Waals surface area contributed by atoms with E-state index in [1.165, 1.54) is 5.56 Å². The minimum Gasteiger partial charge on any atom is -0.508 e. The Morgan fingerprint density at radius 2 is 1.88 bits per heavy atom. The number of fused-ring (bicyclic) bond motifs is 2. The molecule has 0 atom stereocenters. The fourth-order valence-electron chi connectivity index (χ4n) is 3.42. The van der Waals surface area contributed by atoms with Gasteiger partial charge in [-0.05, 0) is 52.9 Å². The SMILES string of the molecule is Cc1cc2ccc(C(=N)N)cc2n1Cc1cccc2cc(O)ccc12. The molecule has 0 aliphatic rings. The van der Waals surface area contributed by atoms with Crippen molar-refractivity contribution < 1.29 is 5.11 Å². The third kappa shape index (κ3) is 2.62. The number of hydrogen-bond acceptors (Lipinski definition) is 2. The van der Waals surface area contributed by atoms with Crippen molar-refractivity contribution in [1.29, 1.82) is 5.41 Å². The Labute approximate surface area is 145 Å². The van der Waals surface area contributed by atoms with Crippen LogP contribution in [0.3, 0.4) is 0 Å². The first-order valence-corrected chi connectivity index (χ1v) is 8.18. The number of aromatic nitrogens is 1. The van der Waals surface area contributed by atoms with Crippen LogP contribution in [0.2, 0.25) is 0 Å². The fourth-order valence-corrected chi connectivity index (χ4v) is 3.42. The van der Waals surface area contributed by atoms with Gasteiger partial charge in [-0.15, -0.1) is 0 Å². The van der Waals surface area contributed by atoms with Crippen molar-refractivity contribution in [3.8, 4) is 5.75 Å². The van der Waals surface area contributed by atoms with Crippen molar-refractivity contribution in [2.45, 2.75) is 13.5 Å². The molecule has 1 aromatic heterocycles. The molecule has 3 aromatic carbocycles. The van der Waals surface area contributed by atoms with Gasteiger partial charge in [-0.25, -0.2) is 0 Å². The van der Waals surface area contributed by atoms with Crippen LogP contribution in [0.4, 0.5) is 0 Å². The van der Waals surface area contributed by atoms with Crippen LogP contribution >= 0.6 is 0 Å². The predicted octanol–water partition coefficient (Wildman–Crippen LogP) is 4.14. The van der Waals surface area contributed by atoms with E-state index in [-0.39, 0.29) is 11.6 Å². The number of phenolic OH excluding ortho intramolecular Hbond substituents is 1. The molecule has 0 spiro atoms. The third-order valence-corrected chi connectivity index (χ3v) is 4.71. The highest BCUT2D eigenvalue weighted by atomic mass is 16.3. The fraction of sp³-hybridized carbons (Fsp3) is 0.0952. The van der Waals surface area contributed by atoms with Crippen molar-refractivity contribution in [1.82, 2.24) is 4.57 Å². The molecule has 0 saturated heterocycles. The summed E-state index contributed by atoms with van der Waals surface area (Å²) < 4.78 is 2.24. The highest BCUT2D eigenvalue weighted by molar-refractivity contribution is 5.98. The smallest absolute Gasteiger partial charge is 0.122 e. The predicted molar refractivity (Wildman–Crippen MR) is 102 cm³/mol. The van der Waals surface area contributed by atoms with Gasteiger partial charge in [0.1, 0.15) is 11.6 Å². The summed E-state index contributed by atoms with van der Waals surface area (Å²) in [7, 11) is 0. The molecule has 4 aromatic rings. The second-order valence-corrected chi connectivity index (χ2v) is 6.38. The Hall–Kier alpha value is -3.27. The van der Waals surface area contributed by atoms with Gasteiger partial charge in [-0.3, -0.25) is 5.41 Å². The van der Waals surface area contributed by atoms with Crippen LogP contribution in [-0.2, 0) is 6.54 Å². The Morgan fingerprint density at radius 3 is 2.68 bits per heavy atom. The molecule has 25 heavy (non-hydrogen) atoms. The molecule has 4 rings (SSSR count). The lowest BCUT2D eigenvalue weighted by molar-refractivity contribution is 0.476. The van der Waals surface area contributed by atoms with E-state index in [9.17, 15) is 5.11 Å². The van der Waals surface area contributed by atoms with Crippen molar-refractivity contribution in [2.75, 3.05) is 0 Å². The molecule has 0 unspecified atom stereocenters. The second-order valence-electron chi connectivity index (χ2n) is 6.38. The van der Waals surface area contributed by atoms with Gasteiger partial charge in [0.05, 0.1) is 0 Å². The lowest BCUT2D eigenvalue weighted by Crippen LogP contribution is -2.11. The molecule has 1 heterocycles. The summed E-state index contributed by atoms with van der Waals surface area (Å²) in [6.45, 7) is 2.81. The molecule has 0 saturated carbocycles. The zero-order chi connectivity index (χ0) is 17.6. The van der Waals surface area contributed by atoms with Crippen LogP contribution in [0, 0.1) is 12.3 Å². The van der Waals surface area contributed by atoms with Gasteiger partial charge in [0, 0.05) is 23.3 Å². The van der Waals surface area contributed by atoms with E-state index in [1.807, 2.05) is 36.4 Å². The van der Waals surface area contributed by atoms with Gasteiger partial charge in [0.25, 0.3) is 0 Å². The highest BCUT2D eigenvalue weighted by Crippen LogP contribution is 2.27. The van der Waals surface area contributed by atoms with E-state index in [1.54, 1.807) is 12.1 Å². The Balaban J connectivity index is 1.87. The van der Waals surface area contributed by atoms with Crippen molar-refractivity contribution in [3.63, 3.8) is 0 Å². The summed E-state index contributed by atoms with van der Waals surface area (Å²) in [5.74, 6) is 0.353. The second kappa shape index (κ2) is 5.67. The molecule has 0 radical (unpaired) electrons. The molecule has 0 amide bonds. The van der Waals surface area contributed by atoms with Crippen LogP contribution in [0.5, 0.6) is 5.75 Å². The Kier molecular flexibility index (Phi) is 3.46. The van der Waals surface area contributed by atoms with Crippen LogP contribution in [0.25, 0.3) is 21.7 Å². The maximum absolute atomic E-state index is 9.71.